The van der Waals surface area contributed by atoms with Gasteiger partial charge in [-0.15, -0.1) is 0 Å². The zero-order chi connectivity index (χ0) is 13.0. The van der Waals surface area contributed by atoms with E-state index >= 15 is 0 Å². The van der Waals surface area contributed by atoms with Crippen LogP contribution in [0.25, 0.3) is 0 Å². The second-order valence-corrected chi connectivity index (χ2v) is 4.91. The highest BCUT2D eigenvalue weighted by Crippen LogP contribution is 2.09. The third-order valence-electron chi connectivity index (χ3n) is 3.30. The van der Waals surface area contributed by atoms with Gasteiger partial charge in [-0.2, -0.15) is 0 Å². The molecule has 0 aromatic rings. The average Bonchev–Trinajstić information content (AvgIpc) is 2.39. The van der Waals surface area contributed by atoms with Gasteiger partial charge in [-0.25, -0.2) is 0 Å². The van der Waals surface area contributed by atoms with E-state index < -0.39 is 6.10 Å². The van der Waals surface area contributed by atoms with Crippen molar-refractivity contribution in [2.75, 3.05) is 52.5 Å². The summed E-state index contributed by atoms with van der Waals surface area (Å²) in [5.41, 5.74) is 0. The second-order valence-electron chi connectivity index (χ2n) is 4.91. The Labute approximate surface area is 107 Å². The Bertz CT molecular complexity index is 271. The van der Waals surface area contributed by atoms with Crippen molar-refractivity contribution in [3.63, 3.8) is 0 Å². The lowest BCUT2D eigenvalue weighted by Crippen LogP contribution is -2.54. The Morgan fingerprint density at radius 3 is 2.61 bits per heavy atom. The molecule has 6 nitrogen and oxygen atoms in total. The van der Waals surface area contributed by atoms with Crippen LogP contribution >= 0.6 is 0 Å². The number of hydrogen-bond donors (Lipinski definition) is 1. The van der Waals surface area contributed by atoms with E-state index in [1.54, 1.807) is 6.92 Å². The van der Waals surface area contributed by atoms with Gasteiger partial charge in [-0.05, 0) is 6.92 Å². The Morgan fingerprint density at radius 2 is 2.06 bits per heavy atom. The van der Waals surface area contributed by atoms with Crippen molar-refractivity contribution in [3.8, 4) is 0 Å². The van der Waals surface area contributed by atoms with E-state index in [1.807, 2.05) is 4.90 Å². The number of piperazine rings is 1. The van der Waals surface area contributed by atoms with E-state index in [0.717, 1.165) is 13.1 Å². The molecule has 0 saturated carbocycles. The van der Waals surface area contributed by atoms with Gasteiger partial charge in [-0.3, -0.25) is 9.69 Å². The van der Waals surface area contributed by atoms with Crippen molar-refractivity contribution in [2.24, 2.45) is 0 Å². The van der Waals surface area contributed by atoms with Gasteiger partial charge in [0.15, 0.2) is 6.10 Å². The van der Waals surface area contributed by atoms with Gasteiger partial charge >= 0.3 is 0 Å². The average molecular weight is 258 g/mol. The molecule has 0 radical (unpaired) electrons. The Hall–Kier alpha value is -0.690. The predicted molar refractivity (Wildman–Crippen MR) is 65.3 cm³/mol. The number of β-amino-alcohol motifs (C(OH)–C–C–N with tert-alkyl or cyclic N) is 1. The molecule has 0 aromatic carbocycles. The number of aliphatic hydroxyl groups is 1. The summed E-state index contributed by atoms with van der Waals surface area (Å²) in [5.74, 6) is 0.0337. The van der Waals surface area contributed by atoms with E-state index in [2.05, 4.69) is 4.90 Å². The highest BCUT2D eigenvalue weighted by atomic mass is 16.6. The van der Waals surface area contributed by atoms with Crippen LogP contribution in [0.4, 0.5) is 0 Å². The Kier molecular flexibility index (Phi) is 4.94. The number of carbonyl (C=O) groups excluding carboxylic acids is 1. The zero-order valence-electron chi connectivity index (χ0n) is 10.9. The van der Waals surface area contributed by atoms with E-state index in [4.69, 9.17) is 9.47 Å². The maximum Gasteiger partial charge on any atom is 0.254 e. The van der Waals surface area contributed by atoms with Crippen molar-refractivity contribution >= 4 is 5.91 Å². The number of rotatable bonds is 3. The molecule has 104 valence electrons. The van der Waals surface area contributed by atoms with Gasteiger partial charge in [-0.1, -0.05) is 0 Å². The zero-order valence-corrected chi connectivity index (χ0v) is 10.9. The van der Waals surface area contributed by atoms with Gasteiger partial charge in [0.2, 0.25) is 0 Å². The number of hydrogen-bond acceptors (Lipinski definition) is 5. The Morgan fingerprint density at radius 1 is 1.33 bits per heavy atom. The van der Waals surface area contributed by atoms with E-state index in [1.165, 1.54) is 0 Å². The van der Waals surface area contributed by atoms with Crippen molar-refractivity contribution < 1.29 is 19.4 Å². The van der Waals surface area contributed by atoms with Crippen LogP contribution in [0.1, 0.15) is 6.92 Å². The molecule has 2 rings (SSSR count). The van der Waals surface area contributed by atoms with E-state index in [0.29, 0.717) is 39.5 Å². The van der Waals surface area contributed by atoms with Crippen molar-refractivity contribution in [1.29, 1.82) is 0 Å². The SMILES string of the molecule is C[C@@H](O)CN1CCN(C(=O)[C@@H]2COCCO2)CC1. The fourth-order valence-electron chi connectivity index (χ4n) is 2.36. The lowest BCUT2D eigenvalue weighted by atomic mass is 10.2. The van der Waals surface area contributed by atoms with Crippen molar-refractivity contribution in [1.82, 2.24) is 9.80 Å². The summed E-state index contributed by atoms with van der Waals surface area (Å²) < 4.78 is 10.7. The number of aliphatic hydroxyl groups excluding tert-OH is 1. The summed E-state index contributed by atoms with van der Waals surface area (Å²) in [7, 11) is 0. The molecule has 0 unspecified atom stereocenters. The van der Waals surface area contributed by atoms with Crippen LogP contribution < -0.4 is 0 Å². The van der Waals surface area contributed by atoms with Gasteiger partial charge in [0.1, 0.15) is 0 Å². The standard InChI is InChI=1S/C12H22N2O4/c1-10(15)8-13-2-4-14(5-3-13)12(16)11-9-17-6-7-18-11/h10-11,15H,2-9H2,1H3/t10-,11+/m1/s1. The molecule has 2 aliphatic rings. The summed E-state index contributed by atoms with van der Waals surface area (Å²) in [4.78, 5) is 16.1. The van der Waals surface area contributed by atoms with E-state index in [9.17, 15) is 9.90 Å². The number of nitrogens with zero attached hydrogens (tertiary/aromatic N) is 2. The number of amides is 1. The fourth-order valence-corrected chi connectivity index (χ4v) is 2.36. The van der Waals surface area contributed by atoms with Crippen LogP contribution in [0.5, 0.6) is 0 Å². The van der Waals surface area contributed by atoms with E-state index in [-0.39, 0.29) is 12.0 Å². The highest BCUT2D eigenvalue weighted by molar-refractivity contribution is 5.81. The molecule has 2 saturated heterocycles. The molecule has 18 heavy (non-hydrogen) atoms. The molecule has 2 aliphatic heterocycles. The number of carbonyl (C=O) groups is 1. The van der Waals surface area contributed by atoms with Crippen LogP contribution in [-0.4, -0.2) is 85.6 Å². The molecule has 1 N–H and O–H groups in total. The van der Waals surface area contributed by atoms with Crippen LogP contribution in [0.2, 0.25) is 0 Å². The molecule has 0 spiro atoms. The quantitative estimate of drug-likeness (QED) is 0.698. The molecule has 2 heterocycles. The molecule has 6 heteroatoms. The summed E-state index contributed by atoms with van der Waals surface area (Å²) in [6.07, 6.45) is -0.746. The molecule has 0 aliphatic carbocycles. The third kappa shape index (κ3) is 3.65. The van der Waals surface area contributed by atoms with Crippen molar-refractivity contribution in [3.05, 3.63) is 0 Å². The van der Waals surface area contributed by atoms with Crippen LogP contribution in [0.3, 0.4) is 0 Å². The first kappa shape index (κ1) is 13.7. The predicted octanol–water partition coefficient (Wildman–Crippen LogP) is -1.07. The maximum absolute atomic E-state index is 12.1. The van der Waals surface area contributed by atoms with Crippen LogP contribution in [0, 0.1) is 0 Å². The summed E-state index contributed by atoms with van der Waals surface area (Å²) in [6, 6.07) is 0. The Balaban J connectivity index is 1.76. The summed E-state index contributed by atoms with van der Waals surface area (Å²) in [6.45, 7) is 6.91. The van der Waals surface area contributed by atoms with Gasteiger partial charge in [0.05, 0.1) is 25.9 Å². The minimum absolute atomic E-state index is 0.0337. The van der Waals surface area contributed by atoms with Gasteiger partial charge in [0, 0.05) is 32.7 Å². The first-order valence-corrected chi connectivity index (χ1v) is 6.55. The summed E-state index contributed by atoms with van der Waals surface area (Å²) in [5, 5.41) is 9.32. The smallest absolute Gasteiger partial charge is 0.254 e. The molecule has 1 amide bonds. The first-order chi connectivity index (χ1) is 8.66. The third-order valence-corrected chi connectivity index (χ3v) is 3.30. The lowest BCUT2D eigenvalue weighted by Gasteiger charge is -2.37. The molecule has 2 atom stereocenters. The summed E-state index contributed by atoms with van der Waals surface area (Å²) >= 11 is 0. The topological polar surface area (TPSA) is 62.2 Å². The minimum Gasteiger partial charge on any atom is -0.392 e. The number of ether oxygens (including phenoxy) is 2. The van der Waals surface area contributed by atoms with Crippen molar-refractivity contribution in [2.45, 2.75) is 19.1 Å². The highest BCUT2D eigenvalue weighted by Gasteiger charge is 2.29. The molecular weight excluding hydrogens is 236 g/mol. The fraction of sp³-hybridized carbons (Fsp3) is 0.917. The largest absolute Gasteiger partial charge is 0.392 e. The monoisotopic (exact) mass is 258 g/mol. The molecule has 2 fully saturated rings. The molecule has 0 bridgehead atoms. The lowest BCUT2D eigenvalue weighted by molar-refractivity contribution is -0.159. The van der Waals surface area contributed by atoms with Crippen LogP contribution in [0.15, 0.2) is 0 Å². The maximum atomic E-state index is 12.1. The van der Waals surface area contributed by atoms with Gasteiger partial charge < -0.3 is 19.5 Å². The minimum atomic E-state index is -0.429. The van der Waals surface area contributed by atoms with Crippen LogP contribution in [-0.2, 0) is 14.3 Å². The normalized spacial score (nSPS) is 28.1. The van der Waals surface area contributed by atoms with Gasteiger partial charge in [0.25, 0.3) is 5.91 Å². The molecule has 0 aromatic heterocycles. The molecular formula is C12H22N2O4. The first-order valence-electron chi connectivity index (χ1n) is 6.55. The second kappa shape index (κ2) is 6.47.